The molecule has 0 aromatic heterocycles. The number of para-hydroxylation sites is 1. The van der Waals surface area contributed by atoms with Crippen molar-refractivity contribution in [3.8, 4) is 11.5 Å². The number of methoxy groups -OCH3 is 2. The second-order valence-electron chi connectivity index (χ2n) is 7.35. The third kappa shape index (κ3) is 5.04. The summed E-state index contributed by atoms with van der Waals surface area (Å²) in [6.45, 7) is 3.38. The van der Waals surface area contributed by atoms with Crippen LogP contribution in [0.15, 0.2) is 48.5 Å². The summed E-state index contributed by atoms with van der Waals surface area (Å²) in [5, 5.41) is 3.12. The van der Waals surface area contributed by atoms with E-state index < -0.39 is 0 Å². The van der Waals surface area contributed by atoms with E-state index in [0.717, 1.165) is 42.9 Å². The number of hydrogen-bond donors (Lipinski definition) is 1. The van der Waals surface area contributed by atoms with Crippen molar-refractivity contribution in [3.63, 3.8) is 0 Å². The Morgan fingerprint density at radius 1 is 1.18 bits per heavy atom. The third-order valence-corrected chi connectivity index (χ3v) is 5.43. The lowest BCUT2D eigenvalue weighted by atomic mass is 10.0. The molecule has 1 aliphatic heterocycles. The Labute approximate surface area is 167 Å². The average Bonchev–Trinajstić information content (AvgIpc) is 3.14. The zero-order valence-corrected chi connectivity index (χ0v) is 17.0. The molecule has 1 fully saturated rings. The molecular weight excluding hydrogens is 352 g/mol. The number of carbonyl (C=O) groups excluding carboxylic acids is 1. The van der Waals surface area contributed by atoms with E-state index in [1.54, 1.807) is 14.2 Å². The molecule has 28 heavy (non-hydrogen) atoms. The summed E-state index contributed by atoms with van der Waals surface area (Å²) in [5.74, 6) is 1.73. The summed E-state index contributed by atoms with van der Waals surface area (Å²) in [6.07, 6.45) is 3.18. The summed E-state index contributed by atoms with van der Waals surface area (Å²) >= 11 is 0. The first-order valence-electron chi connectivity index (χ1n) is 9.90. The van der Waals surface area contributed by atoms with E-state index in [-0.39, 0.29) is 11.9 Å². The highest BCUT2D eigenvalue weighted by Gasteiger charge is 2.27. The van der Waals surface area contributed by atoms with Crippen LogP contribution < -0.4 is 14.8 Å². The summed E-state index contributed by atoms with van der Waals surface area (Å²) in [4.78, 5) is 15.0. The maximum absolute atomic E-state index is 12.7. The first kappa shape index (κ1) is 20.2. The van der Waals surface area contributed by atoms with Crippen LogP contribution in [0.25, 0.3) is 0 Å². The van der Waals surface area contributed by atoms with Crippen LogP contribution in [0.5, 0.6) is 11.5 Å². The van der Waals surface area contributed by atoms with Gasteiger partial charge in [-0.3, -0.25) is 9.69 Å². The smallest absolute Gasteiger partial charge is 0.234 e. The first-order valence-corrected chi connectivity index (χ1v) is 9.90. The number of hydrogen-bond acceptors (Lipinski definition) is 4. The molecule has 1 saturated heterocycles. The van der Waals surface area contributed by atoms with Crippen LogP contribution in [0.3, 0.4) is 0 Å². The number of likely N-dealkylation sites (tertiary alicyclic amines) is 1. The Morgan fingerprint density at radius 3 is 2.79 bits per heavy atom. The number of amides is 1. The van der Waals surface area contributed by atoms with Gasteiger partial charge in [0.2, 0.25) is 5.91 Å². The third-order valence-electron chi connectivity index (χ3n) is 5.43. The Hall–Kier alpha value is -2.53. The Bertz CT molecular complexity index is 793. The van der Waals surface area contributed by atoms with Gasteiger partial charge in [-0.15, -0.1) is 0 Å². The Kier molecular flexibility index (Phi) is 6.93. The molecule has 1 amide bonds. The summed E-state index contributed by atoms with van der Waals surface area (Å²) in [6, 6.07) is 16.3. The lowest BCUT2D eigenvalue weighted by Gasteiger charge is -2.25. The van der Waals surface area contributed by atoms with E-state index in [9.17, 15) is 4.79 Å². The van der Waals surface area contributed by atoms with Gasteiger partial charge in [-0.2, -0.15) is 0 Å². The molecule has 0 radical (unpaired) electrons. The molecule has 0 aliphatic carbocycles. The fraction of sp³-hybridized carbons (Fsp3) is 0.435. The standard InChI is InChI=1S/C23H30N2O3/c1-17(21-11-4-5-12-22(21)28-3)24-23(26)16-25-13-7-9-19(25)14-18-8-6-10-20(15-18)27-2/h4-6,8,10-12,15,17,19H,7,9,13-14,16H2,1-3H3,(H,24,26). The number of nitrogens with zero attached hydrogens (tertiary/aromatic N) is 1. The molecule has 0 bridgehead atoms. The average molecular weight is 383 g/mol. The van der Waals surface area contributed by atoms with Crippen molar-refractivity contribution in [2.24, 2.45) is 0 Å². The van der Waals surface area contributed by atoms with Gasteiger partial charge >= 0.3 is 0 Å². The Morgan fingerprint density at radius 2 is 2.00 bits per heavy atom. The van der Waals surface area contributed by atoms with Crippen molar-refractivity contribution in [1.29, 1.82) is 0 Å². The van der Waals surface area contributed by atoms with Gasteiger partial charge in [-0.25, -0.2) is 0 Å². The van der Waals surface area contributed by atoms with E-state index in [1.165, 1.54) is 5.56 Å². The van der Waals surface area contributed by atoms with Crippen LogP contribution in [0, 0.1) is 0 Å². The van der Waals surface area contributed by atoms with E-state index >= 15 is 0 Å². The fourth-order valence-corrected chi connectivity index (χ4v) is 3.98. The second kappa shape index (κ2) is 9.60. The molecule has 1 heterocycles. The Balaban J connectivity index is 1.58. The maximum atomic E-state index is 12.7. The van der Waals surface area contributed by atoms with Crippen molar-refractivity contribution < 1.29 is 14.3 Å². The van der Waals surface area contributed by atoms with Crippen LogP contribution >= 0.6 is 0 Å². The van der Waals surface area contributed by atoms with Gasteiger partial charge in [0.15, 0.2) is 0 Å². The van der Waals surface area contributed by atoms with Gasteiger partial charge in [0.1, 0.15) is 11.5 Å². The zero-order chi connectivity index (χ0) is 19.9. The largest absolute Gasteiger partial charge is 0.497 e. The van der Waals surface area contributed by atoms with Gasteiger partial charge < -0.3 is 14.8 Å². The highest BCUT2D eigenvalue weighted by atomic mass is 16.5. The lowest BCUT2D eigenvalue weighted by molar-refractivity contribution is -0.123. The van der Waals surface area contributed by atoms with Crippen molar-refractivity contribution in [3.05, 3.63) is 59.7 Å². The number of ether oxygens (including phenoxy) is 2. The summed E-state index contributed by atoms with van der Waals surface area (Å²) in [7, 11) is 3.34. The predicted octanol–water partition coefficient (Wildman–Crippen LogP) is 3.59. The van der Waals surface area contributed by atoms with Gasteiger partial charge in [-0.1, -0.05) is 30.3 Å². The van der Waals surface area contributed by atoms with Crippen LogP contribution in [-0.2, 0) is 11.2 Å². The summed E-state index contributed by atoms with van der Waals surface area (Å²) in [5.41, 5.74) is 2.24. The quantitative estimate of drug-likeness (QED) is 0.758. The fourth-order valence-electron chi connectivity index (χ4n) is 3.98. The molecule has 0 saturated carbocycles. The molecule has 2 unspecified atom stereocenters. The van der Waals surface area contributed by atoms with Gasteiger partial charge in [-0.05, 0) is 56.5 Å². The molecule has 2 aromatic carbocycles. The SMILES string of the molecule is COc1cccc(CC2CCCN2CC(=O)NC(C)c2ccccc2OC)c1. The first-order chi connectivity index (χ1) is 13.6. The van der Waals surface area contributed by atoms with Crippen LogP contribution in [-0.4, -0.2) is 44.2 Å². The molecule has 5 nitrogen and oxygen atoms in total. The molecule has 2 atom stereocenters. The minimum atomic E-state index is -0.0944. The van der Waals surface area contributed by atoms with E-state index in [2.05, 4.69) is 22.3 Å². The molecule has 2 aromatic rings. The van der Waals surface area contributed by atoms with Crippen molar-refractivity contribution in [2.75, 3.05) is 27.3 Å². The van der Waals surface area contributed by atoms with E-state index in [4.69, 9.17) is 9.47 Å². The minimum absolute atomic E-state index is 0.0518. The van der Waals surface area contributed by atoms with Crippen LogP contribution in [0.4, 0.5) is 0 Å². The second-order valence-corrected chi connectivity index (χ2v) is 7.35. The van der Waals surface area contributed by atoms with E-state index in [0.29, 0.717) is 12.6 Å². The van der Waals surface area contributed by atoms with Crippen molar-refractivity contribution >= 4 is 5.91 Å². The number of benzene rings is 2. The lowest BCUT2D eigenvalue weighted by Crippen LogP contribution is -2.41. The zero-order valence-electron chi connectivity index (χ0n) is 17.0. The van der Waals surface area contributed by atoms with Gasteiger partial charge in [0, 0.05) is 11.6 Å². The highest BCUT2D eigenvalue weighted by Crippen LogP contribution is 2.25. The maximum Gasteiger partial charge on any atom is 0.234 e. The molecule has 0 spiro atoms. The van der Waals surface area contributed by atoms with Crippen molar-refractivity contribution in [1.82, 2.24) is 10.2 Å². The highest BCUT2D eigenvalue weighted by molar-refractivity contribution is 5.78. The molecule has 1 aliphatic rings. The molecule has 3 rings (SSSR count). The number of carbonyl (C=O) groups is 1. The minimum Gasteiger partial charge on any atom is -0.497 e. The van der Waals surface area contributed by atoms with Crippen LogP contribution in [0.2, 0.25) is 0 Å². The van der Waals surface area contributed by atoms with E-state index in [1.807, 2.05) is 43.3 Å². The van der Waals surface area contributed by atoms with Gasteiger partial charge in [0.25, 0.3) is 0 Å². The molecule has 1 N–H and O–H groups in total. The number of nitrogens with one attached hydrogen (secondary N) is 1. The normalized spacial score (nSPS) is 17.9. The number of rotatable bonds is 8. The molecule has 5 heteroatoms. The van der Waals surface area contributed by atoms with Crippen LogP contribution in [0.1, 0.15) is 36.9 Å². The molecule has 150 valence electrons. The monoisotopic (exact) mass is 382 g/mol. The topological polar surface area (TPSA) is 50.8 Å². The molecular formula is C23H30N2O3. The van der Waals surface area contributed by atoms with Gasteiger partial charge in [0.05, 0.1) is 26.8 Å². The summed E-state index contributed by atoms with van der Waals surface area (Å²) < 4.78 is 10.7. The van der Waals surface area contributed by atoms with Crippen molar-refractivity contribution in [2.45, 2.75) is 38.3 Å². The predicted molar refractivity (Wildman–Crippen MR) is 111 cm³/mol.